The molecule has 0 bridgehead atoms. The number of nitrogens with zero attached hydrogens (tertiary/aromatic N) is 1. The molecule has 1 heterocycles. The van der Waals surface area contributed by atoms with Gasteiger partial charge in [0.1, 0.15) is 0 Å². The molecule has 0 radical (unpaired) electrons. The predicted molar refractivity (Wildman–Crippen MR) is 78.7 cm³/mol. The fourth-order valence-electron chi connectivity index (χ4n) is 3.47. The Hall–Kier alpha value is -0.570. The van der Waals surface area contributed by atoms with Crippen LogP contribution in [0.25, 0.3) is 0 Å². The molecule has 1 amide bonds. The molecule has 110 valence electrons. The zero-order chi connectivity index (χ0) is 14.0. The highest BCUT2D eigenvalue weighted by molar-refractivity contribution is 5.84. The molecule has 1 saturated heterocycles. The summed E-state index contributed by atoms with van der Waals surface area (Å²) in [5.74, 6) is 1.72. The quantitative estimate of drug-likeness (QED) is 0.801. The van der Waals surface area contributed by atoms with Crippen molar-refractivity contribution in [3.05, 3.63) is 0 Å². The fourth-order valence-corrected chi connectivity index (χ4v) is 3.47. The largest absolute Gasteiger partial charge is 0.323 e. The molecule has 1 aliphatic heterocycles. The molecule has 2 fully saturated rings. The fraction of sp³-hybridized carbons (Fsp3) is 0.938. The van der Waals surface area contributed by atoms with Crippen LogP contribution in [0.4, 0.5) is 0 Å². The van der Waals surface area contributed by atoms with Gasteiger partial charge in [-0.2, -0.15) is 0 Å². The maximum absolute atomic E-state index is 12.6. The van der Waals surface area contributed by atoms with E-state index in [1.807, 2.05) is 0 Å². The summed E-state index contributed by atoms with van der Waals surface area (Å²) < 4.78 is 0. The van der Waals surface area contributed by atoms with Crippen molar-refractivity contribution in [2.75, 3.05) is 0 Å². The van der Waals surface area contributed by atoms with Crippen LogP contribution in [0.3, 0.4) is 0 Å². The number of carbonyl (C=O) groups is 1. The Kier molecular flexibility index (Phi) is 4.88. The summed E-state index contributed by atoms with van der Waals surface area (Å²) in [6, 6.07) is 0.482. The lowest BCUT2D eigenvalue weighted by Crippen LogP contribution is -2.48. The zero-order valence-corrected chi connectivity index (χ0v) is 13.0. The van der Waals surface area contributed by atoms with Crippen LogP contribution in [-0.4, -0.2) is 29.1 Å². The van der Waals surface area contributed by atoms with Crippen molar-refractivity contribution in [1.29, 1.82) is 0 Å². The van der Waals surface area contributed by atoms with Crippen LogP contribution in [0.15, 0.2) is 0 Å². The lowest BCUT2D eigenvalue weighted by Gasteiger charge is -2.40. The van der Waals surface area contributed by atoms with Gasteiger partial charge in [-0.1, -0.05) is 33.6 Å². The highest BCUT2D eigenvalue weighted by Gasteiger charge is 2.43. The van der Waals surface area contributed by atoms with Gasteiger partial charge in [0, 0.05) is 6.04 Å². The molecule has 1 aliphatic carbocycles. The third-order valence-electron chi connectivity index (χ3n) is 4.82. The normalized spacial score (nSPS) is 29.9. The van der Waals surface area contributed by atoms with Crippen molar-refractivity contribution < 1.29 is 4.79 Å². The second kappa shape index (κ2) is 6.25. The standard InChI is InChI=1S/C16H30N2O/c1-5-7-14-16(19)18(12(4)13-8-6-9-13)15(17-14)10-11(2)3/h11-15,17H,5-10H2,1-4H3. The topological polar surface area (TPSA) is 32.3 Å². The molecule has 0 aromatic heterocycles. The second-order valence-corrected chi connectivity index (χ2v) is 6.83. The van der Waals surface area contributed by atoms with Gasteiger partial charge < -0.3 is 4.90 Å². The predicted octanol–water partition coefficient (Wildman–Crippen LogP) is 3.15. The molecule has 0 spiro atoms. The Labute approximate surface area is 118 Å². The van der Waals surface area contributed by atoms with Crippen LogP contribution in [0.2, 0.25) is 0 Å². The van der Waals surface area contributed by atoms with Gasteiger partial charge in [0.15, 0.2) is 0 Å². The summed E-state index contributed by atoms with van der Waals surface area (Å²) >= 11 is 0. The minimum Gasteiger partial charge on any atom is -0.323 e. The molecule has 3 atom stereocenters. The van der Waals surface area contributed by atoms with E-state index in [4.69, 9.17) is 0 Å². The van der Waals surface area contributed by atoms with E-state index in [-0.39, 0.29) is 12.2 Å². The summed E-state index contributed by atoms with van der Waals surface area (Å²) in [5, 5.41) is 3.58. The Bertz CT molecular complexity index is 312. The van der Waals surface area contributed by atoms with E-state index in [0.29, 0.717) is 17.9 Å². The average molecular weight is 266 g/mol. The van der Waals surface area contributed by atoms with Gasteiger partial charge in [0.05, 0.1) is 12.2 Å². The molecular weight excluding hydrogens is 236 g/mol. The summed E-state index contributed by atoms with van der Waals surface area (Å²) in [6.07, 6.45) is 7.33. The maximum atomic E-state index is 12.6. The van der Waals surface area contributed by atoms with Crippen LogP contribution in [0, 0.1) is 11.8 Å². The minimum atomic E-state index is 0.0660. The van der Waals surface area contributed by atoms with E-state index in [1.54, 1.807) is 0 Å². The Morgan fingerprint density at radius 3 is 2.47 bits per heavy atom. The number of nitrogens with one attached hydrogen (secondary N) is 1. The highest BCUT2D eigenvalue weighted by Crippen LogP contribution is 2.35. The smallest absolute Gasteiger partial charge is 0.241 e. The van der Waals surface area contributed by atoms with Gasteiger partial charge in [-0.25, -0.2) is 0 Å². The average Bonchev–Trinajstić information content (AvgIpc) is 2.52. The van der Waals surface area contributed by atoms with Crippen molar-refractivity contribution >= 4 is 5.91 Å². The third-order valence-corrected chi connectivity index (χ3v) is 4.82. The summed E-state index contributed by atoms with van der Waals surface area (Å²) in [6.45, 7) is 8.90. The van der Waals surface area contributed by atoms with Crippen molar-refractivity contribution in [2.24, 2.45) is 11.8 Å². The summed E-state index contributed by atoms with van der Waals surface area (Å²) in [4.78, 5) is 14.8. The number of amides is 1. The number of hydrogen-bond acceptors (Lipinski definition) is 2. The zero-order valence-electron chi connectivity index (χ0n) is 13.0. The van der Waals surface area contributed by atoms with Crippen molar-refractivity contribution in [3.63, 3.8) is 0 Å². The SMILES string of the molecule is CCCC1NC(CC(C)C)N(C(C)C2CCC2)C1=O. The molecular formula is C16H30N2O. The van der Waals surface area contributed by atoms with Crippen molar-refractivity contribution in [1.82, 2.24) is 10.2 Å². The van der Waals surface area contributed by atoms with E-state index >= 15 is 0 Å². The van der Waals surface area contributed by atoms with Crippen LogP contribution in [0.1, 0.15) is 66.2 Å². The van der Waals surface area contributed by atoms with E-state index < -0.39 is 0 Å². The number of hydrogen-bond donors (Lipinski definition) is 1. The van der Waals surface area contributed by atoms with E-state index in [1.165, 1.54) is 19.3 Å². The molecule has 3 nitrogen and oxygen atoms in total. The summed E-state index contributed by atoms with van der Waals surface area (Å²) in [5.41, 5.74) is 0. The molecule has 0 aromatic carbocycles. The highest BCUT2D eigenvalue weighted by atomic mass is 16.2. The monoisotopic (exact) mass is 266 g/mol. The van der Waals surface area contributed by atoms with Gasteiger partial charge in [0.25, 0.3) is 0 Å². The lowest BCUT2D eigenvalue weighted by atomic mass is 9.79. The number of carbonyl (C=O) groups excluding carboxylic acids is 1. The molecule has 3 heteroatoms. The van der Waals surface area contributed by atoms with Crippen molar-refractivity contribution in [2.45, 2.75) is 84.5 Å². The van der Waals surface area contributed by atoms with E-state index in [9.17, 15) is 4.79 Å². The van der Waals surface area contributed by atoms with Crippen molar-refractivity contribution in [3.8, 4) is 0 Å². The molecule has 2 aliphatic rings. The Morgan fingerprint density at radius 1 is 1.32 bits per heavy atom. The van der Waals surface area contributed by atoms with Crippen LogP contribution < -0.4 is 5.32 Å². The van der Waals surface area contributed by atoms with Gasteiger partial charge in [-0.05, 0) is 44.4 Å². The maximum Gasteiger partial charge on any atom is 0.241 e. The first-order chi connectivity index (χ1) is 9.04. The molecule has 2 rings (SSSR count). The first-order valence-electron chi connectivity index (χ1n) is 8.12. The van der Waals surface area contributed by atoms with Gasteiger partial charge in [-0.15, -0.1) is 0 Å². The lowest BCUT2D eigenvalue weighted by molar-refractivity contribution is -0.134. The molecule has 1 N–H and O–H groups in total. The first kappa shape index (κ1) is 14.8. The molecule has 0 aromatic rings. The van der Waals surface area contributed by atoms with E-state index in [2.05, 4.69) is 37.9 Å². The first-order valence-corrected chi connectivity index (χ1v) is 8.12. The summed E-state index contributed by atoms with van der Waals surface area (Å²) in [7, 11) is 0. The van der Waals surface area contributed by atoms with Crippen LogP contribution >= 0.6 is 0 Å². The van der Waals surface area contributed by atoms with E-state index in [0.717, 1.165) is 25.2 Å². The molecule has 3 unspecified atom stereocenters. The van der Waals surface area contributed by atoms with Crippen LogP contribution in [-0.2, 0) is 4.79 Å². The van der Waals surface area contributed by atoms with Gasteiger partial charge in [0.2, 0.25) is 5.91 Å². The molecule has 1 saturated carbocycles. The Balaban J connectivity index is 2.07. The minimum absolute atomic E-state index is 0.0660. The van der Waals surface area contributed by atoms with Gasteiger partial charge in [-0.3, -0.25) is 10.1 Å². The number of rotatable bonds is 6. The third kappa shape index (κ3) is 3.13. The second-order valence-electron chi connectivity index (χ2n) is 6.83. The molecule has 19 heavy (non-hydrogen) atoms. The Morgan fingerprint density at radius 2 is 2.00 bits per heavy atom. The van der Waals surface area contributed by atoms with Gasteiger partial charge >= 0.3 is 0 Å². The van der Waals surface area contributed by atoms with Crippen LogP contribution in [0.5, 0.6) is 0 Å².